The van der Waals surface area contributed by atoms with Crippen LogP contribution in [0.5, 0.6) is 0 Å². The van der Waals surface area contributed by atoms with Gasteiger partial charge in [-0.15, -0.1) is 10.2 Å². The summed E-state index contributed by atoms with van der Waals surface area (Å²) in [6, 6.07) is 5.43. The number of aromatic nitrogens is 5. The maximum atomic E-state index is 12.5. The van der Waals surface area contributed by atoms with Gasteiger partial charge in [-0.25, -0.2) is 4.98 Å². The second kappa shape index (κ2) is 8.97. The molecule has 0 N–H and O–H groups in total. The van der Waals surface area contributed by atoms with Gasteiger partial charge in [-0.3, -0.25) is 13.8 Å². The van der Waals surface area contributed by atoms with Crippen molar-refractivity contribution in [2.45, 2.75) is 43.3 Å². The molecule has 0 bridgehead atoms. The molecule has 3 aromatic heterocycles. The second-order valence-corrected chi connectivity index (χ2v) is 8.83. The number of pyridine rings is 1. The third-order valence-electron chi connectivity index (χ3n) is 5.69. The molecule has 3 aromatic rings. The van der Waals surface area contributed by atoms with Gasteiger partial charge in [0.2, 0.25) is 5.95 Å². The summed E-state index contributed by atoms with van der Waals surface area (Å²) < 4.78 is 15.1. The Hall–Kier alpha value is -2.43. The maximum absolute atomic E-state index is 12.5. The highest BCUT2D eigenvalue weighted by molar-refractivity contribution is 7.98. The zero-order chi connectivity index (χ0) is 21.2. The molecule has 0 aromatic carbocycles. The number of hydrogen-bond donors (Lipinski definition) is 0. The number of rotatable bonds is 6. The van der Waals surface area contributed by atoms with E-state index in [4.69, 9.17) is 14.5 Å². The molecule has 10 heteroatoms. The molecule has 2 aliphatic heterocycles. The SMILES string of the molecule is Cc1cccn2c(=O)cc(CSc3nnc(N4CCOCC4)n3CC3CCCO3)nc12. The van der Waals surface area contributed by atoms with E-state index < -0.39 is 0 Å². The number of thioether (sulfide) groups is 1. The summed E-state index contributed by atoms with van der Waals surface area (Å²) >= 11 is 1.56. The predicted octanol–water partition coefficient (Wildman–Crippen LogP) is 1.90. The summed E-state index contributed by atoms with van der Waals surface area (Å²) in [6.07, 6.45) is 4.07. The Morgan fingerprint density at radius 3 is 2.90 bits per heavy atom. The van der Waals surface area contributed by atoms with Gasteiger partial charge in [0.05, 0.1) is 31.6 Å². The van der Waals surface area contributed by atoms with Crippen LogP contribution in [0.25, 0.3) is 5.65 Å². The van der Waals surface area contributed by atoms with E-state index in [-0.39, 0.29) is 11.7 Å². The van der Waals surface area contributed by atoms with Gasteiger partial charge in [0, 0.05) is 37.7 Å². The average molecular weight is 443 g/mol. The molecule has 0 amide bonds. The van der Waals surface area contributed by atoms with Crippen LogP contribution in [0.2, 0.25) is 0 Å². The van der Waals surface area contributed by atoms with Crippen LogP contribution in [-0.2, 0) is 21.8 Å². The summed E-state index contributed by atoms with van der Waals surface area (Å²) in [5.41, 5.74) is 2.34. The smallest absolute Gasteiger partial charge is 0.258 e. The summed E-state index contributed by atoms with van der Waals surface area (Å²) in [5.74, 6) is 1.41. The predicted molar refractivity (Wildman–Crippen MR) is 118 cm³/mol. The number of nitrogens with zero attached hydrogens (tertiary/aromatic N) is 6. The van der Waals surface area contributed by atoms with E-state index in [1.165, 1.54) is 0 Å². The van der Waals surface area contributed by atoms with Crippen molar-refractivity contribution in [3.63, 3.8) is 0 Å². The van der Waals surface area contributed by atoms with Crippen molar-refractivity contribution in [1.82, 2.24) is 24.1 Å². The van der Waals surface area contributed by atoms with Crippen LogP contribution < -0.4 is 10.5 Å². The fourth-order valence-electron chi connectivity index (χ4n) is 4.06. The summed E-state index contributed by atoms with van der Waals surface area (Å²) in [4.78, 5) is 19.5. The van der Waals surface area contributed by atoms with Crippen LogP contribution in [0.3, 0.4) is 0 Å². The first-order chi connectivity index (χ1) is 15.2. The van der Waals surface area contributed by atoms with Crippen molar-refractivity contribution in [1.29, 1.82) is 0 Å². The van der Waals surface area contributed by atoms with Crippen LogP contribution in [0.1, 0.15) is 24.1 Å². The first-order valence-electron chi connectivity index (χ1n) is 10.7. The lowest BCUT2D eigenvalue weighted by molar-refractivity contribution is 0.0942. The van der Waals surface area contributed by atoms with Crippen LogP contribution in [-0.4, -0.2) is 63.2 Å². The van der Waals surface area contributed by atoms with Crippen molar-refractivity contribution in [2.24, 2.45) is 0 Å². The number of hydrogen-bond acceptors (Lipinski definition) is 8. The van der Waals surface area contributed by atoms with E-state index in [2.05, 4.69) is 19.7 Å². The number of morpholine rings is 1. The Labute approximate surface area is 184 Å². The minimum Gasteiger partial charge on any atom is -0.378 e. The lowest BCUT2D eigenvalue weighted by Crippen LogP contribution is -2.38. The van der Waals surface area contributed by atoms with Crippen LogP contribution >= 0.6 is 11.8 Å². The van der Waals surface area contributed by atoms with Crippen LogP contribution in [0, 0.1) is 6.92 Å². The molecule has 1 atom stereocenters. The summed E-state index contributed by atoms with van der Waals surface area (Å²) in [6.45, 7) is 6.50. The Balaban J connectivity index is 1.40. The third kappa shape index (κ3) is 4.32. The van der Waals surface area contributed by atoms with E-state index in [9.17, 15) is 4.79 Å². The molecule has 164 valence electrons. The van der Waals surface area contributed by atoms with E-state index >= 15 is 0 Å². The zero-order valence-electron chi connectivity index (χ0n) is 17.6. The molecule has 9 nitrogen and oxygen atoms in total. The van der Waals surface area contributed by atoms with Crippen molar-refractivity contribution in [2.75, 3.05) is 37.8 Å². The lowest BCUT2D eigenvalue weighted by Gasteiger charge is -2.28. The maximum Gasteiger partial charge on any atom is 0.258 e. The van der Waals surface area contributed by atoms with Gasteiger partial charge in [-0.2, -0.15) is 0 Å². The van der Waals surface area contributed by atoms with E-state index in [1.54, 1.807) is 28.4 Å². The van der Waals surface area contributed by atoms with Gasteiger partial charge in [-0.05, 0) is 31.4 Å². The first-order valence-corrected chi connectivity index (χ1v) is 11.7. The molecule has 0 aliphatic carbocycles. The molecule has 31 heavy (non-hydrogen) atoms. The quantitative estimate of drug-likeness (QED) is 0.535. The fourth-order valence-corrected chi connectivity index (χ4v) is 4.89. The largest absolute Gasteiger partial charge is 0.378 e. The molecule has 0 saturated carbocycles. The first kappa shape index (κ1) is 20.5. The molecular weight excluding hydrogens is 416 g/mol. The summed E-state index contributed by atoms with van der Waals surface area (Å²) in [5, 5.41) is 9.80. The monoisotopic (exact) mass is 442 g/mol. The molecule has 5 heterocycles. The molecule has 0 spiro atoms. The highest BCUT2D eigenvalue weighted by Crippen LogP contribution is 2.27. The van der Waals surface area contributed by atoms with Crippen LogP contribution in [0.4, 0.5) is 5.95 Å². The molecule has 2 fully saturated rings. The molecular formula is C21H26N6O3S. The van der Waals surface area contributed by atoms with Gasteiger partial charge in [0.15, 0.2) is 5.16 Å². The normalized spacial score (nSPS) is 19.4. The lowest BCUT2D eigenvalue weighted by atomic mass is 10.2. The van der Waals surface area contributed by atoms with E-state index in [1.807, 2.05) is 19.1 Å². The molecule has 5 rings (SSSR count). The van der Waals surface area contributed by atoms with Gasteiger partial charge in [-0.1, -0.05) is 17.8 Å². The summed E-state index contributed by atoms with van der Waals surface area (Å²) in [7, 11) is 0. The van der Waals surface area contributed by atoms with E-state index in [0.717, 1.165) is 61.4 Å². The van der Waals surface area contributed by atoms with Crippen LogP contribution in [0.15, 0.2) is 34.3 Å². The molecule has 1 unspecified atom stereocenters. The number of ether oxygens (including phenoxy) is 2. The topological polar surface area (TPSA) is 86.8 Å². The molecule has 2 saturated heterocycles. The number of anilines is 1. The van der Waals surface area contributed by atoms with Gasteiger partial charge >= 0.3 is 0 Å². The van der Waals surface area contributed by atoms with Crippen molar-refractivity contribution >= 4 is 23.4 Å². The Morgan fingerprint density at radius 2 is 2.10 bits per heavy atom. The second-order valence-electron chi connectivity index (χ2n) is 7.89. The van der Waals surface area contributed by atoms with Crippen molar-refractivity contribution in [3.8, 4) is 0 Å². The Morgan fingerprint density at radius 1 is 1.23 bits per heavy atom. The standard InChI is InChI=1S/C21H26N6O3S/c1-15-4-2-6-26-18(28)12-16(22-19(15)26)14-31-21-24-23-20(25-7-10-29-11-8-25)27(21)13-17-5-3-9-30-17/h2,4,6,12,17H,3,5,7-11,13-14H2,1H3. The molecule has 0 radical (unpaired) electrons. The van der Waals surface area contributed by atoms with Crippen molar-refractivity contribution < 1.29 is 9.47 Å². The molecule has 2 aliphatic rings. The highest BCUT2D eigenvalue weighted by Gasteiger charge is 2.25. The fraction of sp³-hybridized carbons (Fsp3) is 0.524. The van der Waals surface area contributed by atoms with Crippen molar-refractivity contribution in [3.05, 3.63) is 46.0 Å². The Bertz CT molecular complexity index is 1120. The number of aryl methyl sites for hydroxylation is 1. The van der Waals surface area contributed by atoms with E-state index in [0.29, 0.717) is 24.6 Å². The van der Waals surface area contributed by atoms with Gasteiger partial charge in [0.1, 0.15) is 5.65 Å². The number of fused-ring (bicyclic) bond motifs is 1. The van der Waals surface area contributed by atoms with Gasteiger partial charge < -0.3 is 14.4 Å². The minimum absolute atomic E-state index is 0.0703. The van der Waals surface area contributed by atoms with Gasteiger partial charge in [0.25, 0.3) is 5.56 Å². The third-order valence-corrected chi connectivity index (χ3v) is 6.69. The highest BCUT2D eigenvalue weighted by atomic mass is 32.2. The zero-order valence-corrected chi connectivity index (χ0v) is 18.4. The minimum atomic E-state index is -0.0703. The Kier molecular flexibility index (Phi) is 5.93. The average Bonchev–Trinajstić information content (AvgIpc) is 3.44.